The average Bonchev–Trinajstić information content (AvgIpc) is 2.39. The van der Waals surface area contributed by atoms with Crippen LogP contribution in [0.25, 0.3) is 11.1 Å². The van der Waals surface area contributed by atoms with Crippen LogP contribution < -0.4 is 4.90 Å². The number of anilines is 1. The lowest BCUT2D eigenvalue weighted by Crippen LogP contribution is -2.10. The standard InChI is InChI=1S/C16H17NO2/c1-11-8-9-12(16(18)19)10-14(11)13-6-4-5-7-15(13)17(2)3/h4-10H,1-3H3,(H,18,19). The van der Waals surface area contributed by atoms with Crippen LogP contribution in [0.5, 0.6) is 0 Å². The first-order chi connectivity index (χ1) is 9.00. The molecule has 0 saturated carbocycles. The van der Waals surface area contributed by atoms with Crippen LogP contribution in [0.2, 0.25) is 0 Å². The van der Waals surface area contributed by atoms with Gasteiger partial charge in [0.25, 0.3) is 0 Å². The molecular formula is C16H17NO2. The second kappa shape index (κ2) is 5.14. The summed E-state index contributed by atoms with van der Waals surface area (Å²) in [4.78, 5) is 13.1. The van der Waals surface area contributed by atoms with Gasteiger partial charge in [-0.25, -0.2) is 4.79 Å². The quantitative estimate of drug-likeness (QED) is 0.913. The molecule has 0 unspecified atom stereocenters. The van der Waals surface area contributed by atoms with E-state index in [0.29, 0.717) is 5.56 Å². The van der Waals surface area contributed by atoms with Crippen LogP contribution in [0.1, 0.15) is 15.9 Å². The summed E-state index contributed by atoms with van der Waals surface area (Å²) in [5.41, 5.74) is 4.47. The molecule has 0 bridgehead atoms. The van der Waals surface area contributed by atoms with Gasteiger partial charge < -0.3 is 10.0 Å². The van der Waals surface area contributed by atoms with Gasteiger partial charge in [0.2, 0.25) is 0 Å². The number of carbonyl (C=O) groups is 1. The third kappa shape index (κ3) is 2.60. The van der Waals surface area contributed by atoms with Crippen LogP contribution in [0.15, 0.2) is 42.5 Å². The molecule has 0 spiro atoms. The lowest BCUT2D eigenvalue weighted by Gasteiger charge is -2.18. The molecule has 1 N–H and O–H groups in total. The van der Waals surface area contributed by atoms with Crippen LogP contribution in [0, 0.1) is 6.92 Å². The maximum atomic E-state index is 11.1. The second-order valence-corrected chi connectivity index (χ2v) is 4.75. The van der Waals surface area contributed by atoms with E-state index >= 15 is 0 Å². The van der Waals surface area contributed by atoms with Gasteiger partial charge in [0, 0.05) is 25.3 Å². The van der Waals surface area contributed by atoms with E-state index in [1.165, 1.54) is 0 Å². The van der Waals surface area contributed by atoms with Gasteiger partial charge in [-0.15, -0.1) is 0 Å². The first kappa shape index (κ1) is 13.1. The molecule has 0 heterocycles. The zero-order valence-electron chi connectivity index (χ0n) is 11.3. The number of para-hydroxylation sites is 1. The monoisotopic (exact) mass is 255 g/mol. The highest BCUT2D eigenvalue weighted by Gasteiger charge is 2.11. The zero-order chi connectivity index (χ0) is 14.0. The minimum absolute atomic E-state index is 0.314. The fourth-order valence-corrected chi connectivity index (χ4v) is 2.14. The van der Waals surface area contributed by atoms with E-state index in [2.05, 4.69) is 0 Å². The molecule has 3 nitrogen and oxygen atoms in total. The van der Waals surface area contributed by atoms with Gasteiger partial charge in [-0.3, -0.25) is 0 Å². The third-order valence-electron chi connectivity index (χ3n) is 3.16. The lowest BCUT2D eigenvalue weighted by atomic mass is 9.96. The molecule has 0 fully saturated rings. The summed E-state index contributed by atoms with van der Waals surface area (Å²) < 4.78 is 0. The number of nitrogens with zero attached hydrogens (tertiary/aromatic N) is 1. The van der Waals surface area contributed by atoms with Crippen molar-refractivity contribution in [3.8, 4) is 11.1 Å². The van der Waals surface area contributed by atoms with Crippen molar-refractivity contribution in [2.24, 2.45) is 0 Å². The van der Waals surface area contributed by atoms with Crippen molar-refractivity contribution in [1.29, 1.82) is 0 Å². The van der Waals surface area contributed by atoms with Crippen molar-refractivity contribution in [2.75, 3.05) is 19.0 Å². The molecule has 0 aromatic heterocycles. The molecule has 98 valence electrons. The number of hydrogen-bond acceptors (Lipinski definition) is 2. The van der Waals surface area contributed by atoms with Gasteiger partial charge >= 0.3 is 5.97 Å². The van der Waals surface area contributed by atoms with Crippen molar-refractivity contribution >= 4 is 11.7 Å². The Morgan fingerprint density at radius 3 is 2.37 bits per heavy atom. The highest BCUT2D eigenvalue weighted by Crippen LogP contribution is 2.32. The Morgan fingerprint density at radius 2 is 1.74 bits per heavy atom. The van der Waals surface area contributed by atoms with Crippen molar-refractivity contribution < 1.29 is 9.90 Å². The van der Waals surface area contributed by atoms with Gasteiger partial charge in [0.05, 0.1) is 5.56 Å². The van der Waals surface area contributed by atoms with Crippen LogP contribution in [0.4, 0.5) is 5.69 Å². The number of aryl methyl sites for hydroxylation is 1. The Labute approximate surface area is 113 Å². The highest BCUT2D eigenvalue weighted by molar-refractivity contribution is 5.91. The number of benzene rings is 2. The molecule has 3 heteroatoms. The predicted octanol–water partition coefficient (Wildman–Crippen LogP) is 3.43. The summed E-state index contributed by atoms with van der Waals surface area (Å²) in [7, 11) is 3.96. The molecule has 0 aliphatic carbocycles. The molecule has 0 radical (unpaired) electrons. The first-order valence-electron chi connectivity index (χ1n) is 6.11. The summed E-state index contributed by atoms with van der Waals surface area (Å²) in [5.74, 6) is -0.899. The average molecular weight is 255 g/mol. The molecule has 0 aliphatic rings. The molecule has 19 heavy (non-hydrogen) atoms. The van der Waals surface area contributed by atoms with Gasteiger partial charge in [0.15, 0.2) is 0 Å². The van der Waals surface area contributed by atoms with E-state index in [1.54, 1.807) is 12.1 Å². The fourth-order valence-electron chi connectivity index (χ4n) is 2.14. The summed E-state index contributed by atoms with van der Waals surface area (Å²) in [6.45, 7) is 1.99. The van der Waals surface area contributed by atoms with Gasteiger partial charge in [-0.1, -0.05) is 24.3 Å². The van der Waals surface area contributed by atoms with Crippen molar-refractivity contribution in [3.05, 3.63) is 53.6 Å². The molecule has 2 aromatic rings. The summed E-state index contributed by atoms with van der Waals surface area (Å²) in [6, 6.07) is 13.2. The number of carboxylic acid groups (broad SMARTS) is 1. The zero-order valence-corrected chi connectivity index (χ0v) is 11.3. The Bertz CT molecular complexity index is 618. The Kier molecular flexibility index (Phi) is 3.56. The van der Waals surface area contributed by atoms with E-state index < -0.39 is 5.97 Å². The highest BCUT2D eigenvalue weighted by atomic mass is 16.4. The first-order valence-corrected chi connectivity index (χ1v) is 6.11. The Morgan fingerprint density at radius 1 is 1.05 bits per heavy atom. The topological polar surface area (TPSA) is 40.5 Å². The van der Waals surface area contributed by atoms with Crippen LogP contribution >= 0.6 is 0 Å². The summed E-state index contributed by atoms with van der Waals surface area (Å²) >= 11 is 0. The lowest BCUT2D eigenvalue weighted by molar-refractivity contribution is 0.0697. The van der Waals surface area contributed by atoms with Gasteiger partial charge in [0.1, 0.15) is 0 Å². The summed E-state index contributed by atoms with van der Waals surface area (Å²) in [5, 5.41) is 9.12. The van der Waals surface area contributed by atoms with E-state index in [1.807, 2.05) is 56.3 Å². The van der Waals surface area contributed by atoms with E-state index in [4.69, 9.17) is 5.11 Å². The number of aromatic carboxylic acids is 1. The van der Waals surface area contributed by atoms with Crippen molar-refractivity contribution in [3.63, 3.8) is 0 Å². The maximum absolute atomic E-state index is 11.1. The number of rotatable bonds is 3. The predicted molar refractivity (Wildman–Crippen MR) is 77.9 cm³/mol. The number of hydrogen-bond donors (Lipinski definition) is 1. The smallest absolute Gasteiger partial charge is 0.335 e. The molecule has 0 atom stereocenters. The van der Waals surface area contributed by atoms with Crippen LogP contribution in [0.3, 0.4) is 0 Å². The van der Waals surface area contributed by atoms with E-state index in [-0.39, 0.29) is 0 Å². The van der Waals surface area contributed by atoms with E-state index in [0.717, 1.165) is 22.4 Å². The molecule has 0 aliphatic heterocycles. The van der Waals surface area contributed by atoms with Crippen LogP contribution in [-0.4, -0.2) is 25.2 Å². The normalized spacial score (nSPS) is 10.3. The largest absolute Gasteiger partial charge is 0.478 e. The third-order valence-corrected chi connectivity index (χ3v) is 3.16. The molecule has 0 amide bonds. The van der Waals surface area contributed by atoms with Crippen molar-refractivity contribution in [2.45, 2.75) is 6.92 Å². The fraction of sp³-hybridized carbons (Fsp3) is 0.188. The molecule has 2 aromatic carbocycles. The second-order valence-electron chi connectivity index (χ2n) is 4.75. The number of carboxylic acids is 1. The Hall–Kier alpha value is -2.29. The summed E-state index contributed by atoms with van der Waals surface area (Å²) in [6.07, 6.45) is 0. The maximum Gasteiger partial charge on any atom is 0.335 e. The van der Waals surface area contributed by atoms with Crippen molar-refractivity contribution in [1.82, 2.24) is 0 Å². The van der Waals surface area contributed by atoms with Gasteiger partial charge in [-0.05, 0) is 36.2 Å². The Balaban J connectivity index is 2.64. The van der Waals surface area contributed by atoms with Crippen LogP contribution in [-0.2, 0) is 0 Å². The minimum Gasteiger partial charge on any atom is -0.478 e. The molecular weight excluding hydrogens is 238 g/mol. The molecule has 0 saturated heterocycles. The SMILES string of the molecule is Cc1ccc(C(=O)O)cc1-c1ccccc1N(C)C. The molecule has 2 rings (SSSR count). The van der Waals surface area contributed by atoms with E-state index in [9.17, 15) is 4.79 Å². The van der Waals surface area contributed by atoms with Gasteiger partial charge in [-0.2, -0.15) is 0 Å². The minimum atomic E-state index is -0.899.